The number of nitrogens with one attached hydrogen (secondary N) is 1. The molecule has 0 unspecified atom stereocenters. The smallest absolute Gasteiger partial charge is 0.348 e. The van der Waals surface area contributed by atoms with E-state index in [0.717, 1.165) is 11.3 Å². The lowest BCUT2D eigenvalue weighted by molar-refractivity contribution is -0.144. The van der Waals surface area contributed by atoms with Crippen molar-refractivity contribution in [2.24, 2.45) is 0 Å². The summed E-state index contributed by atoms with van der Waals surface area (Å²) < 4.78 is 14.8. The molecule has 2 rings (SSSR count). The summed E-state index contributed by atoms with van der Waals surface area (Å²) in [5.74, 6) is -0.469. The number of aromatic nitrogens is 2. The van der Waals surface area contributed by atoms with Gasteiger partial charge in [0.15, 0.2) is 0 Å². The van der Waals surface area contributed by atoms with E-state index in [1.807, 2.05) is 0 Å². The molecule has 0 radical (unpaired) electrons. The lowest BCUT2D eigenvalue weighted by Crippen LogP contribution is -2.34. The highest BCUT2D eigenvalue weighted by molar-refractivity contribution is 7.20. The number of fused-ring (bicyclic) bond motifs is 1. The monoisotopic (exact) mass is 397 g/mol. The molecule has 9 nitrogen and oxygen atoms in total. The van der Waals surface area contributed by atoms with Gasteiger partial charge < -0.3 is 19.2 Å². The van der Waals surface area contributed by atoms with E-state index in [2.05, 4.69) is 9.97 Å². The quantitative estimate of drug-likeness (QED) is 0.626. The van der Waals surface area contributed by atoms with Crippen LogP contribution in [0, 0.1) is 6.92 Å². The van der Waals surface area contributed by atoms with E-state index >= 15 is 0 Å². The van der Waals surface area contributed by atoms with Crippen molar-refractivity contribution in [3.05, 3.63) is 26.6 Å². The van der Waals surface area contributed by atoms with Gasteiger partial charge in [-0.2, -0.15) is 0 Å². The van der Waals surface area contributed by atoms with Gasteiger partial charge in [0, 0.05) is 13.7 Å². The number of esters is 2. The standard InChI is InChI=1S/C17H23N3O6S/c1-5-26-12(21)9-20(6-7-24-3)8-11-18-15(22)13-10(2)14(17(23)25-4)27-16(13)19-11/h5-9H2,1-4H3,(H,18,19,22). The highest BCUT2D eigenvalue weighted by Crippen LogP contribution is 2.27. The third kappa shape index (κ3) is 5.12. The maximum atomic E-state index is 12.5. The van der Waals surface area contributed by atoms with E-state index in [0.29, 0.717) is 46.2 Å². The molecule has 0 atom stereocenters. The van der Waals surface area contributed by atoms with E-state index in [9.17, 15) is 14.4 Å². The topological polar surface area (TPSA) is 111 Å². The SMILES string of the molecule is CCOC(=O)CN(CCOC)Cc1nc2sc(C(=O)OC)c(C)c2c(=O)[nH]1. The first kappa shape index (κ1) is 21.0. The predicted octanol–water partition coefficient (Wildman–Crippen LogP) is 1.09. The fourth-order valence-corrected chi connectivity index (χ4v) is 3.71. The molecule has 0 aromatic carbocycles. The maximum absolute atomic E-state index is 12.5. The second kappa shape index (κ2) is 9.58. The van der Waals surface area contributed by atoms with Gasteiger partial charge in [-0.15, -0.1) is 11.3 Å². The summed E-state index contributed by atoms with van der Waals surface area (Å²) in [6.45, 7) is 4.89. The average molecular weight is 397 g/mol. The molecule has 2 heterocycles. The summed E-state index contributed by atoms with van der Waals surface area (Å²) in [5, 5.41) is 0.373. The second-order valence-electron chi connectivity index (χ2n) is 5.75. The normalized spacial score (nSPS) is 11.1. The van der Waals surface area contributed by atoms with Crippen LogP contribution in [-0.2, 0) is 25.5 Å². The summed E-state index contributed by atoms with van der Waals surface area (Å²) in [5.41, 5.74) is 0.214. The van der Waals surface area contributed by atoms with Gasteiger partial charge in [-0.05, 0) is 19.4 Å². The molecule has 0 fully saturated rings. The Morgan fingerprint density at radius 1 is 1.30 bits per heavy atom. The number of H-pyrrole nitrogens is 1. The van der Waals surface area contributed by atoms with Crippen LogP contribution in [0.15, 0.2) is 4.79 Å². The molecule has 0 aliphatic heterocycles. The van der Waals surface area contributed by atoms with Crippen molar-refractivity contribution in [3.63, 3.8) is 0 Å². The Labute approximate surface area is 160 Å². The van der Waals surface area contributed by atoms with Crippen molar-refractivity contribution in [2.75, 3.05) is 40.5 Å². The summed E-state index contributed by atoms with van der Waals surface area (Å²) in [4.78, 5) is 45.9. The molecule has 0 saturated heterocycles. The Morgan fingerprint density at radius 3 is 2.67 bits per heavy atom. The zero-order valence-electron chi connectivity index (χ0n) is 15.8. The molecule has 0 aliphatic rings. The van der Waals surface area contributed by atoms with Crippen LogP contribution in [0.4, 0.5) is 0 Å². The fraction of sp³-hybridized carbons (Fsp3) is 0.529. The van der Waals surface area contributed by atoms with Crippen molar-refractivity contribution in [1.82, 2.24) is 14.9 Å². The molecular formula is C17H23N3O6S. The second-order valence-corrected chi connectivity index (χ2v) is 6.75. The molecule has 0 bridgehead atoms. The number of hydrogen-bond donors (Lipinski definition) is 1. The molecule has 0 saturated carbocycles. The van der Waals surface area contributed by atoms with Gasteiger partial charge in [0.1, 0.15) is 15.5 Å². The average Bonchev–Trinajstić information content (AvgIpc) is 2.96. The Kier molecular flexibility index (Phi) is 7.45. The molecule has 148 valence electrons. The first-order valence-corrected chi connectivity index (χ1v) is 9.20. The van der Waals surface area contributed by atoms with Crippen LogP contribution >= 0.6 is 11.3 Å². The summed E-state index contributed by atoms with van der Waals surface area (Å²) in [6.07, 6.45) is 0. The van der Waals surface area contributed by atoms with E-state index in [1.54, 1.807) is 25.9 Å². The van der Waals surface area contributed by atoms with Crippen LogP contribution < -0.4 is 5.56 Å². The number of rotatable bonds is 9. The minimum atomic E-state index is -0.500. The third-order valence-corrected chi connectivity index (χ3v) is 5.03. The zero-order valence-corrected chi connectivity index (χ0v) is 16.6. The van der Waals surface area contributed by atoms with Crippen molar-refractivity contribution in [3.8, 4) is 0 Å². The Bertz CT molecular complexity index is 875. The summed E-state index contributed by atoms with van der Waals surface area (Å²) >= 11 is 1.11. The molecule has 0 spiro atoms. The Morgan fingerprint density at radius 2 is 2.04 bits per heavy atom. The first-order chi connectivity index (χ1) is 12.9. The number of methoxy groups -OCH3 is 2. The minimum absolute atomic E-state index is 0.0514. The molecule has 27 heavy (non-hydrogen) atoms. The van der Waals surface area contributed by atoms with E-state index < -0.39 is 5.97 Å². The highest BCUT2D eigenvalue weighted by atomic mass is 32.1. The number of aromatic amines is 1. The number of thiophene rings is 1. The van der Waals surface area contributed by atoms with Gasteiger partial charge in [-0.25, -0.2) is 9.78 Å². The number of aryl methyl sites for hydroxylation is 1. The van der Waals surface area contributed by atoms with E-state index in [-0.39, 0.29) is 24.6 Å². The molecule has 2 aromatic rings. The minimum Gasteiger partial charge on any atom is -0.465 e. The Balaban J connectivity index is 2.31. The van der Waals surface area contributed by atoms with Crippen LogP contribution in [0.25, 0.3) is 10.2 Å². The number of hydrogen-bond acceptors (Lipinski definition) is 9. The van der Waals surface area contributed by atoms with Crippen LogP contribution in [0.2, 0.25) is 0 Å². The van der Waals surface area contributed by atoms with Crippen LogP contribution in [0.1, 0.15) is 28.0 Å². The van der Waals surface area contributed by atoms with Crippen LogP contribution in [-0.4, -0.2) is 67.3 Å². The molecule has 0 amide bonds. The molecule has 2 aromatic heterocycles. The van der Waals surface area contributed by atoms with Crippen molar-refractivity contribution >= 4 is 33.5 Å². The largest absolute Gasteiger partial charge is 0.465 e. The number of carbonyl (C=O) groups excluding carboxylic acids is 2. The van der Waals surface area contributed by atoms with E-state index in [1.165, 1.54) is 7.11 Å². The third-order valence-electron chi connectivity index (χ3n) is 3.86. The fourth-order valence-electron chi connectivity index (χ4n) is 2.59. The summed E-state index contributed by atoms with van der Waals surface area (Å²) in [6, 6.07) is 0. The van der Waals surface area contributed by atoms with Gasteiger partial charge in [0.25, 0.3) is 5.56 Å². The van der Waals surface area contributed by atoms with Crippen LogP contribution in [0.5, 0.6) is 0 Å². The first-order valence-electron chi connectivity index (χ1n) is 8.38. The maximum Gasteiger partial charge on any atom is 0.348 e. The lowest BCUT2D eigenvalue weighted by Gasteiger charge is -2.20. The molecule has 1 N–H and O–H groups in total. The van der Waals surface area contributed by atoms with Crippen molar-refractivity contribution < 1.29 is 23.8 Å². The Hall–Kier alpha value is -2.30. The number of nitrogens with zero attached hydrogens (tertiary/aromatic N) is 2. The van der Waals surface area contributed by atoms with Crippen molar-refractivity contribution in [1.29, 1.82) is 0 Å². The zero-order chi connectivity index (χ0) is 20.0. The molecule has 10 heteroatoms. The van der Waals surface area contributed by atoms with Gasteiger partial charge in [0.05, 0.1) is 38.8 Å². The molecular weight excluding hydrogens is 374 g/mol. The summed E-state index contributed by atoms with van der Waals surface area (Å²) in [7, 11) is 2.86. The predicted molar refractivity (Wildman–Crippen MR) is 100 cm³/mol. The highest BCUT2D eigenvalue weighted by Gasteiger charge is 2.20. The number of ether oxygens (including phenoxy) is 3. The molecule has 0 aliphatic carbocycles. The van der Waals surface area contributed by atoms with Crippen molar-refractivity contribution in [2.45, 2.75) is 20.4 Å². The van der Waals surface area contributed by atoms with Gasteiger partial charge >= 0.3 is 11.9 Å². The van der Waals surface area contributed by atoms with Gasteiger partial charge in [-0.3, -0.25) is 14.5 Å². The van der Waals surface area contributed by atoms with Gasteiger partial charge in [-0.1, -0.05) is 0 Å². The lowest BCUT2D eigenvalue weighted by atomic mass is 10.2. The van der Waals surface area contributed by atoms with Gasteiger partial charge in [0.2, 0.25) is 0 Å². The van der Waals surface area contributed by atoms with E-state index in [4.69, 9.17) is 14.2 Å². The van der Waals surface area contributed by atoms with Crippen LogP contribution in [0.3, 0.4) is 0 Å². The number of carbonyl (C=O) groups is 2.